The van der Waals surface area contributed by atoms with Gasteiger partial charge in [0.05, 0.1) is 12.0 Å². The second kappa shape index (κ2) is 4.97. The van der Waals surface area contributed by atoms with E-state index in [1.807, 2.05) is 0 Å². The molecule has 78 valence electrons. The van der Waals surface area contributed by atoms with Gasteiger partial charge < -0.3 is 9.64 Å². The molecule has 0 aromatic heterocycles. The summed E-state index contributed by atoms with van der Waals surface area (Å²) in [7, 11) is 1.72. The van der Waals surface area contributed by atoms with Crippen molar-refractivity contribution in [1.82, 2.24) is 4.90 Å². The topological polar surface area (TPSA) is 53.3 Å². The maximum atomic E-state index is 11.7. The number of nitrogens with zero attached hydrogens (tertiary/aromatic N) is 2. The van der Waals surface area contributed by atoms with Crippen LogP contribution in [0.3, 0.4) is 0 Å². The van der Waals surface area contributed by atoms with Gasteiger partial charge >= 0.3 is 0 Å². The van der Waals surface area contributed by atoms with Gasteiger partial charge in [-0.15, -0.1) is 0 Å². The Kier molecular flexibility index (Phi) is 3.90. The van der Waals surface area contributed by atoms with Crippen LogP contribution in [-0.2, 0) is 9.53 Å². The first-order valence-electron chi connectivity index (χ1n) is 4.91. The number of hydrogen-bond acceptors (Lipinski definition) is 3. The molecule has 1 aliphatic rings. The molecule has 0 N–H and O–H groups in total. The number of nitriles is 1. The molecule has 1 rings (SSSR count). The third-order valence-electron chi connectivity index (χ3n) is 2.35. The van der Waals surface area contributed by atoms with Crippen molar-refractivity contribution in [3.8, 4) is 6.07 Å². The summed E-state index contributed by atoms with van der Waals surface area (Å²) < 4.78 is 5.28. The predicted molar refractivity (Wildman–Crippen MR) is 51.4 cm³/mol. The van der Waals surface area contributed by atoms with Crippen molar-refractivity contribution in [2.75, 3.05) is 20.2 Å². The van der Waals surface area contributed by atoms with E-state index in [0.717, 1.165) is 12.8 Å². The zero-order chi connectivity index (χ0) is 10.6. The molecule has 1 fully saturated rings. The van der Waals surface area contributed by atoms with E-state index in [0.29, 0.717) is 13.2 Å². The summed E-state index contributed by atoms with van der Waals surface area (Å²) in [6, 6.07) is 2.11. The zero-order valence-electron chi connectivity index (χ0n) is 8.69. The van der Waals surface area contributed by atoms with Gasteiger partial charge in [0.25, 0.3) is 5.91 Å². The lowest BCUT2D eigenvalue weighted by Gasteiger charge is -2.21. The summed E-state index contributed by atoms with van der Waals surface area (Å²) in [5, 5.41) is 8.61. The molecule has 1 heterocycles. The van der Waals surface area contributed by atoms with Gasteiger partial charge in [-0.05, 0) is 19.8 Å². The number of hydrogen-bond donors (Lipinski definition) is 0. The molecule has 0 saturated carbocycles. The van der Waals surface area contributed by atoms with Crippen LogP contribution in [0.5, 0.6) is 0 Å². The average Bonchev–Trinajstić information content (AvgIpc) is 2.69. The van der Waals surface area contributed by atoms with Crippen molar-refractivity contribution in [1.29, 1.82) is 5.26 Å². The van der Waals surface area contributed by atoms with E-state index in [1.54, 1.807) is 18.9 Å². The van der Waals surface area contributed by atoms with Crippen LogP contribution in [0.15, 0.2) is 0 Å². The fourth-order valence-corrected chi connectivity index (χ4v) is 1.56. The Balaban J connectivity index is 2.40. The van der Waals surface area contributed by atoms with Gasteiger partial charge in [-0.25, -0.2) is 0 Å². The van der Waals surface area contributed by atoms with Crippen molar-refractivity contribution < 1.29 is 9.53 Å². The fourth-order valence-electron chi connectivity index (χ4n) is 1.56. The first kappa shape index (κ1) is 11.0. The van der Waals surface area contributed by atoms with Gasteiger partial charge in [0.15, 0.2) is 0 Å². The lowest BCUT2D eigenvalue weighted by atomic mass is 10.1. The molecular formula is C10H16N2O2. The lowest BCUT2D eigenvalue weighted by Crippen LogP contribution is -2.38. The number of likely N-dealkylation sites (N-methyl/N-ethyl adjacent to an activating group) is 1. The van der Waals surface area contributed by atoms with Crippen LogP contribution in [0.25, 0.3) is 0 Å². The molecule has 2 unspecified atom stereocenters. The summed E-state index contributed by atoms with van der Waals surface area (Å²) in [5.41, 5.74) is 0. The van der Waals surface area contributed by atoms with Crippen LogP contribution in [0, 0.1) is 17.2 Å². The van der Waals surface area contributed by atoms with Gasteiger partial charge in [0, 0.05) is 20.2 Å². The van der Waals surface area contributed by atoms with Gasteiger partial charge in [0.2, 0.25) is 0 Å². The van der Waals surface area contributed by atoms with E-state index >= 15 is 0 Å². The predicted octanol–water partition coefficient (Wildman–Crippen LogP) is 0.783. The van der Waals surface area contributed by atoms with E-state index in [4.69, 9.17) is 10.00 Å². The van der Waals surface area contributed by atoms with Crippen LogP contribution in [-0.4, -0.2) is 37.1 Å². The van der Waals surface area contributed by atoms with Crippen LogP contribution >= 0.6 is 0 Å². The molecule has 4 nitrogen and oxygen atoms in total. The number of rotatable bonds is 3. The van der Waals surface area contributed by atoms with Crippen molar-refractivity contribution in [3.63, 3.8) is 0 Å². The van der Waals surface area contributed by atoms with Crippen LogP contribution in [0.1, 0.15) is 19.8 Å². The molecule has 4 heteroatoms. The molecule has 0 bridgehead atoms. The molecule has 2 atom stereocenters. The molecule has 0 radical (unpaired) electrons. The molecule has 14 heavy (non-hydrogen) atoms. The van der Waals surface area contributed by atoms with Crippen molar-refractivity contribution in [2.24, 2.45) is 5.92 Å². The largest absolute Gasteiger partial charge is 0.368 e. The molecule has 0 aromatic carbocycles. The highest BCUT2D eigenvalue weighted by Gasteiger charge is 2.26. The smallest absolute Gasteiger partial charge is 0.251 e. The summed E-state index contributed by atoms with van der Waals surface area (Å²) in [4.78, 5) is 13.3. The molecule has 0 aliphatic carbocycles. The van der Waals surface area contributed by atoms with Gasteiger partial charge in [-0.2, -0.15) is 5.26 Å². The Hall–Kier alpha value is -1.08. The van der Waals surface area contributed by atoms with Crippen LogP contribution < -0.4 is 0 Å². The summed E-state index contributed by atoms with van der Waals surface area (Å²) in [6.07, 6.45) is 1.49. The van der Waals surface area contributed by atoms with E-state index in [9.17, 15) is 4.79 Å². The summed E-state index contributed by atoms with van der Waals surface area (Å²) in [6.45, 7) is 2.96. The van der Waals surface area contributed by atoms with E-state index in [1.165, 1.54) is 0 Å². The van der Waals surface area contributed by atoms with Crippen molar-refractivity contribution >= 4 is 5.91 Å². The molecule has 0 aromatic rings. The van der Waals surface area contributed by atoms with Crippen LogP contribution in [0.4, 0.5) is 0 Å². The molecule has 0 spiro atoms. The molecule has 1 aliphatic heterocycles. The highest BCUT2D eigenvalue weighted by Crippen LogP contribution is 2.14. The van der Waals surface area contributed by atoms with E-state index in [-0.39, 0.29) is 17.9 Å². The normalized spacial score (nSPS) is 22.8. The SMILES string of the molecule is CC(C#N)CN(C)C(=O)C1CCCO1. The Morgan fingerprint density at radius 3 is 3.00 bits per heavy atom. The van der Waals surface area contributed by atoms with Gasteiger partial charge in [0.1, 0.15) is 6.10 Å². The minimum Gasteiger partial charge on any atom is -0.368 e. The average molecular weight is 196 g/mol. The monoisotopic (exact) mass is 196 g/mol. The standard InChI is InChI=1S/C10H16N2O2/c1-8(6-11)7-12(2)10(13)9-4-3-5-14-9/h8-9H,3-5,7H2,1-2H3. The maximum absolute atomic E-state index is 11.7. The lowest BCUT2D eigenvalue weighted by molar-refractivity contribution is -0.139. The third kappa shape index (κ3) is 2.71. The molecular weight excluding hydrogens is 180 g/mol. The van der Waals surface area contributed by atoms with Crippen LogP contribution in [0.2, 0.25) is 0 Å². The summed E-state index contributed by atoms with van der Waals surface area (Å²) >= 11 is 0. The minimum absolute atomic E-state index is 0.00426. The summed E-state index contributed by atoms with van der Waals surface area (Å²) in [5.74, 6) is -0.116. The minimum atomic E-state index is -0.272. The van der Waals surface area contributed by atoms with Crippen molar-refractivity contribution in [2.45, 2.75) is 25.9 Å². The number of carbonyl (C=O) groups excluding carboxylic acids is 1. The maximum Gasteiger partial charge on any atom is 0.251 e. The molecule has 1 saturated heterocycles. The second-order valence-corrected chi connectivity index (χ2v) is 3.75. The first-order chi connectivity index (χ1) is 6.65. The fraction of sp³-hybridized carbons (Fsp3) is 0.800. The Labute approximate surface area is 84.4 Å². The van der Waals surface area contributed by atoms with E-state index < -0.39 is 0 Å². The van der Waals surface area contributed by atoms with E-state index in [2.05, 4.69) is 6.07 Å². The zero-order valence-corrected chi connectivity index (χ0v) is 8.69. The molecule has 1 amide bonds. The first-order valence-corrected chi connectivity index (χ1v) is 4.91. The number of carbonyl (C=O) groups is 1. The Bertz CT molecular complexity index is 241. The Morgan fingerprint density at radius 2 is 2.50 bits per heavy atom. The number of ether oxygens (including phenoxy) is 1. The highest BCUT2D eigenvalue weighted by atomic mass is 16.5. The second-order valence-electron chi connectivity index (χ2n) is 3.75. The third-order valence-corrected chi connectivity index (χ3v) is 2.35. The number of amides is 1. The van der Waals surface area contributed by atoms with Gasteiger partial charge in [-0.3, -0.25) is 4.79 Å². The Morgan fingerprint density at radius 1 is 1.79 bits per heavy atom. The van der Waals surface area contributed by atoms with Crippen molar-refractivity contribution in [3.05, 3.63) is 0 Å². The van der Waals surface area contributed by atoms with Gasteiger partial charge in [-0.1, -0.05) is 0 Å². The quantitative estimate of drug-likeness (QED) is 0.670. The highest BCUT2D eigenvalue weighted by molar-refractivity contribution is 5.80.